The average molecular weight is 175 g/mol. The molecule has 0 radical (unpaired) electrons. The quantitative estimate of drug-likeness (QED) is 0.504. The summed E-state index contributed by atoms with van der Waals surface area (Å²) in [5.74, 6) is 0. The van der Waals surface area contributed by atoms with Crippen molar-refractivity contribution in [3.63, 3.8) is 0 Å². The standard InChI is InChI=1S/C8H17NO3/c1-2-3-9-4-7(11)8(12)6(9)5-10/h6-8,10-12H,2-5H2,1H3. The van der Waals surface area contributed by atoms with E-state index in [4.69, 9.17) is 5.11 Å². The molecule has 1 aliphatic rings. The van der Waals surface area contributed by atoms with Gasteiger partial charge in [-0.1, -0.05) is 6.92 Å². The first-order valence-electron chi connectivity index (χ1n) is 4.41. The zero-order chi connectivity index (χ0) is 9.14. The van der Waals surface area contributed by atoms with E-state index in [1.165, 1.54) is 0 Å². The molecule has 12 heavy (non-hydrogen) atoms. The first-order chi connectivity index (χ1) is 5.70. The monoisotopic (exact) mass is 175 g/mol. The molecule has 3 unspecified atom stereocenters. The van der Waals surface area contributed by atoms with Crippen molar-refractivity contribution < 1.29 is 15.3 Å². The zero-order valence-electron chi connectivity index (χ0n) is 7.35. The van der Waals surface area contributed by atoms with Crippen molar-refractivity contribution in [2.45, 2.75) is 31.6 Å². The number of aliphatic hydroxyl groups is 3. The van der Waals surface area contributed by atoms with Crippen LogP contribution in [0, 0.1) is 0 Å². The number of hydrogen-bond donors (Lipinski definition) is 3. The van der Waals surface area contributed by atoms with E-state index in [0.717, 1.165) is 13.0 Å². The molecule has 4 heteroatoms. The third-order valence-corrected chi connectivity index (χ3v) is 2.38. The van der Waals surface area contributed by atoms with Gasteiger partial charge in [-0.3, -0.25) is 4.90 Å². The summed E-state index contributed by atoms with van der Waals surface area (Å²) in [6.45, 7) is 3.24. The summed E-state index contributed by atoms with van der Waals surface area (Å²) in [4.78, 5) is 1.93. The van der Waals surface area contributed by atoms with Gasteiger partial charge in [0.15, 0.2) is 0 Å². The van der Waals surface area contributed by atoms with Crippen molar-refractivity contribution >= 4 is 0 Å². The molecule has 1 fully saturated rings. The Labute approximate surface area is 72.4 Å². The van der Waals surface area contributed by atoms with Gasteiger partial charge >= 0.3 is 0 Å². The van der Waals surface area contributed by atoms with E-state index in [0.29, 0.717) is 6.54 Å². The second-order valence-electron chi connectivity index (χ2n) is 3.30. The minimum absolute atomic E-state index is 0.0851. The summed E-state index contributed by atoms with van der Waals surface area (Å²) in [5, 5.41) is 27.6. The molecule has 0 aromatic heterocycles. The summed E-state index contributed by atoms with van der Waals surface area (Å²) in [6.07, 6.45) is -0.522. The van der Waals surface area contributed by atoms with E-state index in [2.05, 4.69) is 0 Å². The largest absolute Gasteiger partial charge is 0.395 e. The van der Waals surface area contributed by atoms with E-state index in [1.807, 2.05) is 11.8 Å². The summed E-state index contributed by atoms with van der Waals surface area (Å²) in [6, 6.07) is -0.278. The van der Waals surface area contributed by atoms with Gasteiger partial charge in [-0.15, -0.1) is 0 Å². The van der Waals surface area contributed by atoms with Crippen LogP contribution in [0.3, 0.4) is 0 Å². The van der Waals surface area contributed by atoms with Crippen LogP contribution in [0.25, 0.3) is 0 Å². The van der Waals surface area contributed by atoms with Crippen LogP contribution in [0.5, 0.6) is 0 Å². The lowest BCUT2D eigenvalue weighted by Gasteiger charge is -2.22. The second-order valence-corrected chi connectivity index (χ2v) is 3.30. The van der Waals surface area contributed by atoms with E-state index in [9.17, 15) is 10.2 Å². The highest BCUT2D eigenvalue weighted by atomic mass is 16.3. The van der Waals surface area contributed by atoms with Crippen LogP contribution in [0.15, 0.2) is 0 Å². The topological polar surface area (TPSA) is 63.9 Å². The molecule has 3 N–H and O–H groups in total. The Balaban J connectivity index is 2.52. The van der Waals surface area contributed by atoms with Crippen molar-refractivity contribution in [1.29, 1.82) is 0 Å². The number of rotatable bonds is 3. The van der Waals surface area contributed by atoms with Gasteiger partial charge in [-0.25, -0.2) is 0 Å². The first-order valence-corrected chi connectivity index (χ1v) is 4.41. The normalized spacial score (nSPS) is 37.5. The molecule has 72 valence electrons. The van der Waals surface area contributed by atoms with Gasteiger partial charge in [0, 0.05) is 6.54 Å². The second kappa shape index (κ2) is 4.18. The van der Waals surface area contributed by atoms with Gasteiger partial charge in [-0.05, 0) is 13.0 Å². The fraction of sp³-hybridized carbons (Fsp3) is 1.00. The molecule has 1 rings (SSSR count). The van der Waals surface area contributed by atoms with Crippen LogP contribution in [0.1, 0.15) is 13.3 Å². The molecule has 1 saturated heterocycles. The van der Waals surface area contributed by atoms with Gasteiger partial charge in [0.05, 0.1) is 24.9 Å². The maximum atomic E-state index is 9.40. The van der Waals surface area contributed by atoms with E-state index in [-0.39, 0.29) is 12.6 Å². The highest BCUT2D eigenvalue weighted by Crippen LogP contribution is 2.18. The van der Waals surface area contributed by atoms with Crippen molar-refractivity contribution in [1.82, 2.24) is 4.90 Å². The van der Waals surface area contributed by atoms with Crippen molar-refractivity contribution in [3.8, 4) is 0 Å². The van der Waals surface area contributed by atoms with Crippen molar-refractivity contribution in [2.75, 3.05) is 19.7 Å². The predicted octanol–water partition coefficient (Wildman–Crippen LogP) is -1.21. The summed E-state index contributed by atoms with van der Waals surface area (Å²) in [5.41, 5.74) is 0. The molecule has 4 nitrogen and oxygen atoms in total. The molecule has 0 amide bonds. The van der Waals surface area contributed by atoms with Crippen LogP contribution in [-0.4, -0.2) is 58.2 Å². The number of hydrogen-bond acceptors (Lipinski definition) is 4. The Morgan fingerprint density at radius 2 is 2.08 bits per heavy atom. The molecule has 1 heterocycles. The number of β-amino-alcohol motifs (C(OH)–C–C–N with tert-alkyl or cyclic N) is 1. The fourth-order valence-electron chi connectivity index (χ4n) is 1.72. The van der Waals surface area contributed by atoms with E-state index >= 15 is 0 Å². The summed E-state index contributed by atoms with van der Waals surface area (Å²) >= 11 is 0. The lowest BCUT2D eigenvalue weighted by atomic mass is 10.1. The Morgan fingerprint density at radius 1 is 1.42 bits per heavy atom. The van der Waals surface area contributed by atoms with Crippen LogP contribution < -0.4 is 0 Å². The lowest BCUT2D eigenvalue weighted by molar-refractivity contribution is 0.0217. The van der Waals surface area contributed by atoms with E-state index in [1.54, 1.807) is 0 Å². The molecule has 0 aromatic carbocycles. The van der Waals surface area contributed by atoms with Gasteiger partial charge < -0.3 is 15.3 Å². The molecule has 3 atom stereocenters. The Hall–Kier alpha value is -0.160. The zero-order valence-corrected chi connectivity index (χ0v) is 7.35. The molecule has 0 spiro atoms. The van der Waals surface area contributed by atoms with Gasteiger partial charge in [0.2, 0.25) is 0 Å². The Morgan fingerprint density at radius 3 is 2.58 bits per heavy atom. The minimum atomic E-state index is -0.790. The first kappa shape index (κ1) is 9.92. The maximum Gasteiger partial charge on any atom is 0.0988 e. The van der Waals surface area contributed by atoms with Crippen LogP contribution in [-0.2, 0) is 0 Å². The predicted molar refractivity (Wildman–Crippen MR) is 44.8 cm³/mol. The summed E-state index contributed by atoms with van der Waals surface area (Å²) < 4.78 is 0. The van der Waals surface area contributed by atoms with Crippen molar-refractivity contribution in [3.05, 3.63) is 0 Å². The highest BCUT2D eigenvalue weighted by molar-refractivity contribution is 4.92. The van der Waals surface area contributed by atoms with Gasteiger partial charge in [-0.2, -0.15) is 0 Å². The Bertz CT molecular complexity index is 142. The molecule has 0 bridgehead atoms. The molecule has 0 saturated carbocycles. The van der Waals surface area contributed by atoms with Crippen LogP contribution >= 0.6 is 0 Å². The number of nitrogens with zero attached hydrogens (tertiary/aromatic N) is 1. The van der Waals surface area contributed by atoms with Gasteiger partial charge in [0.1, 0.15) is 0 Å². The maximum absolute atomic E-state index is 9.40. The van der Waals surface area contributed by atoms with E-state index < -0.39 is 12.2 Å². The average Bonchev–Trinajstić information content (AvgIpc) is 2.29. The molecular weight excluding hydrogens is 158 g/mol. The molecule has 1 aliphatic heterocycles. The minimum Gasteiger partial charge on any atom is -0.395 e. The van der Waals surface area contributed by atoms with Crippen molar-refractivity contribution in [2.24, 2.45) is 0 Å². The SMILES string of the molecule is CCCN1CC(O)C(O)C1CO. The molecule has 0 aromatic rings. The van der Waals surface area contributed by atoms with Gasteiger partial charge in [0.25, 0.3) is 0 Å². The molecule has 0 aliphatic carbocycles. The fourth-order valence-corrected chi connectivity index (χ4v) is 1.72. The number of likely N-dealkylation sites (tertiary alicyclic amines) is 1. The molecular formula is C8H17NO3. The smallest absolute Gasteiger partial charge is 0.0988 e. The third kappa shape index (κ3) is 1.77. The lowest BCUT2D eigenvalue weighted by Crippen LogP contribution is -2.39. The van der Waals surface area contributed by atoms with Crippen LogP contribution in [0.4, 0.5) is 0 Å². The highest BCUT2D eigenvalue weighted by Gasteiger charge is 2.38. The Kier molecular flexibility index (Phi) is 3.46. The third-order valence-electron chi connectivity index (χ3n) is 2.38. The van der Waals surface area contributed by atoms with Crippen LogP contribution in [0.2, 0.25) is 0 Å². The summed E-state index contributed by atoms with van der Waals surface area (Å²) in [7, 11) is 0. The number of aliphatic hydroxyl groups excluding tert-OH is 3.